The molecule has 0 spiro atoms. The summed E-state index contributed by atoms with van der Waals surface area (Å²) in [6.45, 7) is 26.7. The van der Waals surface area contributed by atoms with Gasteiger partial charge in [-0.15, -0.1) is 4.90 Å². The van der Waals surface area contributed by atoms with E-state index in [2.05, 4.69) is 35.7 Å². The number of nitrogens with zero attached hydrogens (tertiary/aromatic N) is 5. The van der Waals surface area contributed by atoms with Crippen LogP contribution in [0.5, 0.6) is 5.88 Å². The van der Waals surface area contributed by atoms with Gasteiger partial charge in [-0.05, 0) is 87.4 Å². The van der Waals surface area contributed by atoms with Crippen LogP contribution in [0.4, 0.5) is 31.8 Å². The fourth-order valence-electron chi connectivity index (χ4n) is 3.47. The van der Waals surface area contributed by atoms with Crippen LogP contribution >= 0.6 is 22.9 Å². The van der Waals surface area contributed by atoms with Gasteiger partial charge >= 0.3 is 18.3 Å². The number of anilines is 2. The van der Waals surface area contributed by atoms with Gasteiger partial charge in [0.2, 0.25) is 11.7 Å². The third-order valence-electron chi connectivity index (χ3n) is 6.44. The molecular weight excluding hydrogens is 729 g/mol. The van der Waals surface area contributed by atoms with Crippen LogP contribution in [0.1, 0.15) is 90.0 Å². The van der Waals surface area contributed by atoms with Crippen LogP contribution < -0.4 is 12.8 Å². The van der Waals surface area contributed by atoms with Crippen LogP contribution in [0.15, 0.2) is 4.99 Å². The summed E-state index contributed by atoms with van der Waals surface area (Å²) in [7, 11) is -2.31. The summed E-state index contributed by atoms with van der Waals surface area (Å²) in [5, 5.41) is -0.134. The van der Waals surface area contributed by atoms with Crippen molar-refractivity contribution in [3.05, 3.63) is 0 Å². The Bertz CT molecular complexity index is 1360. The maximum absolute atomic E-state index is 13.6. The molecule has 258 valence electrons. The first-order chi connectivity index (χ1) is 20.5. The fraction of sp³-hybridized carbons (Fsp3) is 0.700. The minimum absolute atomic E-state index is 0.0151. The third kappa shape index (κ3) is 10.9. The summed E-state index contributed by atoms with van der Waals surface area (Å²) < 4.78 is 29.6. The number of aromatic nitrogens is 2. The smallest absolute Gasteiger partial charge is 0.443 e. The highest BCUT2D eigenvalue weighted by atomic mass is 127. The number of hydrogen-bond donors (Lipinski definition) is 0. The van der Waals surface area contributed by atoms with E-state index < -0.39 is 61.4 Å². The predicted octanol–water partition coefficient (Wildman–Crippen LogP) is 7.69. The Morgan fingerprint density at radius 1 is 0.826 bits per heavy atom. The number of carbonyl (C=O) groups excluding carboxylic acids is 4. The topological polar surface area (TPSA) is 159 Å². The SMILES string of the molecule is C[C@H](O[Si](C)(C)C(C)(C)C)C(=O)C1=Nc2c(OC(=O)OC(C)(C)C)nc(N(C(=O)OC(C)(C)C)C(=O)OC(C)(C)C)nc2N(I)C1. The Hall–Kier alpha value is -2.86. The largest absolute Gasteiger partial charge is 0.515 e. The summed E-state index contributed by atoms with van der Waals surface area (Å²) in [4.78, 5) is 66.9. The second-order valence-electron chi connectivity index (χ2n) is 15.3. The second kappa shape index (κ2) is 13.7. The van der Waals surface area contributed by atoms with Crippen molar-refractivity contribution >= 4 is 78.5 Å². The lowest BCUT2D eigenvalue weighted by Gasteiger charge is -2.38. The van der Waals surface area contributed by atoms with Crippen molar-refractivity contribution < 1.29 is 42.6 Å². The molecule has 1 aliphatic heterocycles. The van der Waals surface area contributed by atoms with Crippen molar-refractivity contribution in [2.24, 2.45) is 4.99 Å². The van der Waals surface area contributed by atoms with Gasteiger partial charge < -0.3 is 23.4 Å². The lowest BCUT2D eigenvalue weighted by atomic mass is 10.1. The molecule has 0 radical (unpaired) electrons. The van der Waals surface area contributed by atoms with Gasteiger partial charge in [-0.25, -0.2) is 19.4 Å². The van der Waals surface area contributed by atoms with Gasteiger partial charge in [0.1, 0.15) is 28.6 Å². The molecule has 0 unspecified atom stereocenters. The fourth-order valence-corrected chi connectivity index (χ4v) is 5.47. The molecule has 0 bridgehead atoms. The monoisotopic (exact) mass is 777 g/mol. The van der Waals surface area contributed by atoms with Crippen LogP contribution in [0.3, 0.4) is 0 Å². The number of ketones is 1. The molecular formula is C30H48IN5O9Si. The maximum Gasteiger partial charge on any atom is 0.515 e. The molecule has 2 heterocycles. The molecule has 14 nitrogen and oxygen atoms in total. The van der Waals surface area contributed by atoms with Crippen molar-refractivity contribution in [1.29, 1.82) is 0 Å². The lowest BCUT2D eigenvalue weighted by molar-refractivity contribution is -0.119. The normalized spacial score (nSPS) is 14.9. The first-order valence-electron chi connectivity index (χ1n) is 14.8. The molecule has 1 aliphatic rings. The molecule has 2 rings (SSSR count). The minimum Gasteiger partial charge on any atom is -0.443 e. The molecule has 0 fully saturated rings. The Balaban J connectivity index is 2.76. The maximum atomic E-state index is 13.6. The number of imide groups is 1. The van der Waals surface area contributed by atoms with Crippen molar-refractivity contribution in [2.75, 3.05) is 14.6 Å². The Morgan fingerprint density at radius 3 is 1.74 bits per heavy atom. The van der Waals surface area contributed by atoms with Crippen LogP contribution in [0.2, 0.25) is 18.1 Å². The van der Waals surface area contributed by atoms with Crippen molar-refractivity contribution in [3.8, 4) is 5.88 Å². The van der Waals surface area contributed by atoms with Crippen LogP contribution in [-0.4, -0.2) is 77.6 Å². The Morgan fingerprint density at radius 2 is 1.30 bits per heavy atom. The summed E-state index contributed by atoms with van der Waals surface area (Å²) in [5.74, 6) is -1.29. The average molecular weight is 778 g/mol. The van der Waals surface area contributed by atoms with Crippen molar-refractivity contribution in [2.45, 2.75) is 131 Å². The number of Topliss-reactive ketones (excluding diaryl/α,β-unsaturated/α-hetero) is 1. The van der Waals surface area contributed by atoms with Gasteiger partial charge in [-0.2, -0.15) is 9.97 Å². The number of rotatable bonds is 6. The van der Waals surface area contributed by atoms with Crippen LogP contribution in [0, 0.1) is 0 Å². The molecule has 1 atom stereocenters. The van der Waals surface area contributed by atoms with Gasteiger partial charge in [0, 0.05) is 0 Å². The molecule has 0 saturated heterocycles. The summed E-state index contributed by atoms with van der Waals surface area (Å²) in [5.41, 5.74) is -2.91. The predicted molar refractivity (Wildman–Crippen MR) is 185 cm³/mol. The first kappa shape index (κ1) is 39.3. The van der Waals surface area contributed by atoms with E-state index in [0.29, 0.717) is 4.90 Å². The number of amides is 2. The van der Waals surface area contributed by atoms with E-state index in [1.165, 1.54) is 3.11 Å². The number of fused-ring (bicyclic) bond motifs is 1. The molecule has 1 aromatic rings. The quantitative estimate of drug-likeness (QED) is 0.0913. The van der Waals surface area contributed by atoms with Crippen LogP contribution in [-0.2, 0) is 23.4 Å². The van der Waals surface area contributed by atoms with E-state index in [4.69, 9.17) is 23.4 Å². The highest BCUT2D eigenvalue weighted by Gasteiger charge is 2.42. The van der Waals surface area contributed by atoms with E-state index >= 15 is 0 Å². The molecule has 1 aromatic heterocycles. The molecule has 0 saturated carbocycles. The molecule has 0 aliphatic carbocycles. The molecule has 16 heteroatoms. The summed E-state index contributed by atoms with van der Waals surface area (Å²) in [6, 6.07) is 0. The third-order valence-corrected chi connectivity index (χ3v) is 11.8. The van der Waals surface area contributed by atoms with E-state index in [1.807, 2.05) is 36.0 Å². The highest BCUT2D eigenvalue weighted by molar-refractivity contribution is 14.1. The van der Waals surface area contributed by atoms with Gasteiger partial charge in [-0.3, -0.25) is 7.91 Å². The zero-order chi connectivity index (χ0) is 35.8. The van der Waals surface area contributed by atoms with Crippen molar-refractivity contribution in [3.63, 3.8) is 0 Å². The zero-order valence-corrected chi connectivity index (χ0v) is 32.7. The van der Waals surface area contributed by atoms with Gasteiger partial charge in [0.05, 0.1) is 29.4 Å². The average Bonchev–Trinajstić information content (AvgIpc) is 2.79. The molecule has 0 aromatic carbocycles. The van der Waals surface area contributed by atoms with Gasteiger partial charge in [0.15, 0.2) is 19.8 Å². The first-order valence-corrected chi connectivity index (χ1v) is 18.7. The lowest BCUT2D eigenvalue weighted by Crippen LogP contribution is -2.47. The summed E-state index contributed by atoms with van der Waals surface area (Å²) >= 11 is 1.91. The number of aliphatic imine (C=N–C) groups is 1. The molecule has 0 N–H and O–H groups in total. The standard InChI is InChI=1S/C30H48IN5O9Si/c1-17(45-46(14,15)30(11,12)13)20(37)18-16-35(31)21-19(32-18)22(41-26(40)44-29(8,9)10)34-23(33-21)36(24(38)42-27(2,3)4)25(39)43-28(5,6)7/h17H,16H2,1-15H3/t17-/m0/s1. The Labute approximate surface area is 286 Å². The molecule has 2 amide bonds. The highest BCUT2D eigenvalue weighted by Crippen LogP contribution is 2.42. The number of carbonyl (C=O) groups is 4. The van der Waals surface area contributed by atoms with Gasteiger partial charge in [-0.1, -0.05) is 20.8 Å². The summed E-state index contributed by atoms with van der Waals surface area (Å²) in [6.07, 6.45) is -4.20. The van der Waals surface area contributed by atoms with E-state index in [1.54, 1.807) is 69.2 Å². The van der Waals surface area contributed by atoms with Gasteiger partial charge in [0.25, 0.3) is 5.88 Å². The zero-order valence-electron chi connectivity index (χ0n) is 29.6. The number of hydrogen-bond acceptors (Lipinski definition) is 13. The molecule has 46 heavy (non-hydrogen) atoms. The van der Waals surface area contributed by atoms with Crippen molar-refractivity contribution in [1.82, 2.24) is 9.97 Å². The number of ether oxygens (including phenoxy) is 4. The van der Waals surface area contributed by atoms with E-state index in [0.717, 1.165) is 0 Å². The number of halogens is 1. The van der Waals surface area contributed by atoms with E-state index in [9.17, 15) is 19.2 Å². The Kier molecular flexibility index (Phi) is 11.7. The van der Waals surface area contributed by atoms with E-state index in [-0.39, 0.29) is 34.6 Å². The van der Waals surface area contributed by atoms with Crippen LogP contribution in [0.25, 0.3) is 0 Å². The second-order valence-corrected chi connectivity index (χ2v) is 21.2. The minimum atomic E-state index is -2.31.